The maximum atomic E-state index is 11.3. The third-order valence-corrected chi connectivity index (χ3v) is 2.02. The quantitative estimate of drug-likeness (QED) is 0.544. The summed E-state index contributed by atoms with van der Waals surface area (Å²) in [4.78, 5) is 53.3. The normalized spacial score (nSPS) is 9.24. The van der Waals surface area contributed by atoms with Crippen molar-refractivity contribution >= 4 is 23.8 Å². The van der Waals surface area contributed by atoms with E-state index in [-0.39, 0.29) is 30.4 Å². The van der Waals surface area contributed by atoms with Gasteiger partial charge in [0.25, 0.3) is 11.8 Å². The summed E-state index contributed by atoms with van der Waals surface area (Å²) in [5, 5.41) is 0. The molecule has 0 radical (unpaired) electrons. The van der Waals surface area contributed by atoms with Crippen LogP contribution in [0, 0.1) is 0 Å². The lowest BCUT2D eigenvalue weighted by Gasteiger charge is -2.06. The molecule has 0 fully saturated rings. The molecule has 21 heavy (non-hydrogen) atoms. The lowest BCUT2D eigenvalue weighted by Crippen LogP contribution is -2.29. The molecular formula is C13H18N2O6. The Bertz CT molecular complexity index is 427. The molecule has 0 atom stereocenters. The summed E-state index contributed by atoms with van der Waals surface area (Å²) >= 11 is 0. The summed E-state index contributed by atoms with van der Waals surface area (Å²) in [7, 11) is 0. The van der Waals surface area contributed by atoms with Crippen molar-refractivity contribution in [3.63, 3.8) is 0 Å². The van der Waals surface area contributed by atoms with Crippen LogP contribution in [-0.2, 0) is 28.9 Å². The summed E-state index contributed by atoms with van der Waals surface area (Å²) < 4.78 is 0. The van der Waals surface area contributed by atoms with Crippen LogP contribution in [-0.4, -0.2) is 23.8 Å². The van der Waals surface area contributed by atoms with Crippen molar-refractivity contribution in [1.82, 2.24) is 11.0 Å². The van der Waals surface area contributed by atoms with E-state index in [2.05, 4.69) is 22.8 Å². The summed E-state index contributed by atoms with van der Waals surface area (Å²) in [5.41, 5.74) is 4.14. The van der Waals surface area contributed by atoms with Crippen LogP contribution in [0.25, 0.3) is 0 Å². The van der Waals surface area contributed by atoms with Crippen LogP contribution >= 0.6 is 0 Å². The monoisotopic (exact) mass is 298 g/mol. The Morgan fingerprint density at radius 3 is 1.43 bits per heavy atom. The topological polar surface area (TPSA) is 111 Å². The van der Waals surface area contributed by atoms with E-state index in [9.17, 15) is 19.2 Å². The van der Waals surface area contributed by atoms with Crippen LogP contribution in [0.3, 0.4) is 0 Å². The molecule has 0 saturated carbocycles. The molecule has 0 aliphatic rings. The second kappa shape index (κ2) is 9.29. The van der Waals surface area contributed by atoms with E-state index in [0.29, 0.717) is 0 Å². The van der Waals surface area contributed by atoms with Gasteiger partial charge in [-0.1, -0.05) is 13.2 Å². The average molecular weight is 298 g/mol. The van der Waals surface area contributed by atoms with Gasteiger partial charge in [0.1, 0.15) is 0 Å². The SMILES string of the molecule is C=C(C)C(=O)ONC(=O)CCCC(=O)NOC(=O)C(=C)C. The van der Waals surface area contributed by atoms with E-state index in [0.717, 1.165) is 0 Å². The smallest absolute Gasteiger partial charge is 0.336 e. The van der Waals surface area contributed by atoms with Gasteiger partial charge in [-0.05, 0) is 20.3 Å². The van der Waals surface area contributed by atoms with Crippen LogP contribution in [0.2, 0.25) is 0 Å². The standard InChI is InChI=1S/C13H18N2O6/c1-8(2)12(18)20-14-10(16)6-5-7-11(17)15-21-13(19)9(3)4/h1,3,5-7H2,2,4H3,(H,14,16)(H,15,17). The van der Waals surface area contributed by atoms with Crippen molar-refractivity contribution in [2.75, 3.05) is 0 Å². The molecule has 0 aromatic rings. The Morgan fingerprint density at radius 2 is 1.14 bits per heavy atom. The summed E-state index contributed by atoms with van der Waals surface area (Å²) in [5.74, 6) is -2.60. The van der Waals surface area contributed by atoms with E-state index < -0.39 is 23.8 Å². The number of carbonyl (C=O) groups excluding carboxylic acids is 4. The maximum absolute atomic E-state index is 11.3. The minimum Gasteiger partial charge on any atom is -0.336 e. The lowest BCUT2D eigenvalue weighted by atomic mass is 10.2. The highest BCUT2D eigenvalue weighted by molar-refractivity contribution is 5.89. The van der Waals surface area contributed by atoms with E-state index in [1.807, 2.05) is 11.0 Å². The second-order valence-corrected chi connectivity index (χ2v) is 4.24. The van der Waals surface area contributed by atoms with Crippen molar-refractivity contribution in [2.24, 2.45) is 0 Å². The molecule has 0 spiro atoms. The Kier molecular flexibility index (Phi) is 8.13. The number of nitrogens with one attached hydrogen (secondary N) is 2. The lowest BCUT2D eigenvalue weighted by molar-refractivity contribution is -0.155. The van der Waals surface area contributed by atoms with Crippen LogP contribution in [0.1, 0.15) is 33.1 Å². The third-order valence-electron chi connectivity index (χ3n) is 2.02. The Balaban J connectivity index is 3.78. The molecule has 0 unspecified atom stereocenters. The van der Waals surface area contributed by atoms with Crippen LogP contribution in [0.15, 0.2) is 24.3 Å². The number of hydrogen-bond acceptors (Lipinski definition) is 6. The third kappa shape index (κ3) is 8.98. The van der Waals surface area contributed by atoms with E-state index in [1.54, 1.807) is 0 Å². The van der Waals surface area contributed by atoms with Gasteiger partial charge >= 0.3 is 11.9 Å². The van der Waals surface area contributed by atoms with Crippen LogP contribution in [0.5, 0.6) is 0 Å². The minimum absolute atomic E-state index is 0.0364. The minimum atomic E-state index is -0.743. The molecule has 8 heteroatoms. The first-order valence-electron chi connectivity index (χ1n) is 6.05. The zero-order valence-corrected chi connectivity index (χ0v) is 12.0. The molecule has 8 nitrogen and oxygen atoms in total. The second-order valence-electron chi connectivity index (χ2n) is 4.24. The molecule has 0 aromatic heterocycles. The summed E-state index contributed by atoms with van der Waals surface area (Å²) in [6, 6.07) is 0. The van der Waals surface area contributed by atoms with E-state index in [1.165, 1.54) is 13.8 Å². The van der Waals surface area contributed by atoms with Gasteiger partial charge in [-0.3, -0.25) is 9.59 Å². The molecule has 2 amide bonds. The van der Waals surface area contributed by atoms with Crippen molar-refractivity contribution in [1.29, 1.82) is 0 Å². The molecule has 0 aliphatic heterocycles. The number of carbonyl (C=O) groups is 4. The highest BCUT2D eigenvalue weighted by atomic mass is 16.7. The number of hydroxylamine groups is 2. The van der Waals surface area contributed by atoms with Gasteiger partial charge in [0.2, 0.25) is 0 Å². The molecule has 0 bridgehead atoms. The van der Waals surface area contributed by atoms with Gasteiger partial charge < -0.3 is 9.68 Å². The van der Waals surface area contributed by atoms with Crippen molar-refractivity contribution in [2.45, 2.75) is 33.1 Å². The fourth-order valence-corrected chi connectivity index (χ4v) is 0.892. The van der Waals surface area contributed by atoms with Gasteiger partial charge in [0.15, 0.2) is 0 Å². The van der Waals surface area contributed by atoms with Crippen molar-refractivity contribution < 1.29 is 28.9 Å². The molecule has 0 heterocycles. The predicted molar refractivity (Wildman–Crippen MR) is 71.9 cm³/mol. The van der Waals surface area contributed by atoms with Crippen molar-refractivity contribution in [3.8, 4) is 0 Å². The van der Waals surface area contributed by atoms with E-state index in [4.69, 9.17) is 0 Å². The Hall–Kier alpha value is -2.64. The largest absolute Gasteiger partial charge is 0.358 e. The zero-order valence-electron chi connectivity index (χ0n) is 12.0. The fourth-order valence-electron chi connectivity index (χ4n) is 0.892. The van der Waals surface area contributed by atoms with Crippen LogP contribution < -0.4 is 11.0 Å². The Labute approximate surface area is 122 Å². The number of hydrogen-bond donors (Lipinski definition) is 2. The molecule has 0 aromatic carbocycles. The number of rotatable bonds is 6. The zero-order chi connectivity index (χ0) is 16.4. The van der Waals surface area contributed by atoms with Crippen LogP contribution in [0.4, 0.5) is 0 Å². The molecule has 0 rings (SSSR count). The first kappa shape index (κ1) is 18.4. The predicted octanol–water partition coefficient (Wildman–Crippen LogP) is 0.458. The highest BCUT2D eigenvalue weighted by Gasteiger charge is 2.10. The number of amides is 2. The first-order valence-corrected chi connectivity index (χ1v) is 6.05. The van der Waals surface area contributed by atoms with Gasteiger partial charge in [0.05, 0.1) is 0 Å². The van der Waals surface area contributed by atoms with Gasteiger partial charge in [-0.15, -0.1) is 0 Å². The average Bonchev–Trinajstić information content (AvgIpc) is 2.41. The van der Waals surface area contributed by atoms with Gasteiger partial charge in [-0.2, -0.15) is 11.0 Å². The van der Waals surface area contributed by atoms with E-state index >= 15 is 0 Å². The molecule has 0 saturated heterocycles. The van der Waals surface area contributed by atoms with Gasteiger partial charge in [-0.25, -0.2) is 9.59 Å². The van der Waals surface area contributed by atoms with Crippen molar-refractivity contribution in [3.05, 3.63) is 24.3 Å². The molecule has 2 N–H and O–H groups in total. The fraction of sp³-hybridized carbons (Fsp3) is 0.385. The maximum Gasteiger partial charge on any atom is 0.358 e. The molecule has 0 aliphatic carbocycles. The highest BCUT2D eigenvalue weighted by Crippen LogP contribution is 1.97. The van der Waals surface area contributed by atoms with Gasteiger partial charge in [0, 0.05) is 24.0 Å². The Morgan fingerprint density at radius 1 is 0.810 bits per heavy atom. The summed E-state index contributed by atoms with van der Waals surface area (Å²) in [6.45, 7) is 9.55. The molecular weight excluding hydrogens is 280 g/mol. The molecule has 116 valence electrons. The summed E-state index contributed by atoms with van der Waals surface area (Å²) in [6.07, 6.45) is 0.115. The first-order chi connectivity index (χ1) is 9.73.